The topological polar surface area (TPSA) is 76.6 Å². The fourth-order valence-electron chi connectivity index (χ4n) is 3.38. The van der Waals surface area contributed by atoms with Crippen LogP contribution in [-0.4, -0.2) is 48.7 Å². The Kier molecular flexibility index (Phi) is 7.06. The number of nitrogens with zero attached hydrogens (tertiary/aromatic N) is 3. The molecule has 7 nitrogen and oxygen atoms in total. The smallest absolute Gasteiger partial charge is 0.254 e. The summed E-state index contributed by atoms with van der Waals surface area (Å²) in [6.45, 7) is 3.95. The van der Waals surface area contributed by atoms with Gasteiger partial charge < -0.3 is 19.7 Å². The number of nitrogens with one attached hydrogen (secondary N) is 1. The van der Waals surface area contributed by atoms with Crippen molar-refractivity contribution in [3.8, 4) is 11.5 Å². The van der Waals surface area contributed by atoms with Gasteiger partial charge in [-0.3, -0.25) is 4.79 Å². The van der Waals surface area contributed by atoms with E-state index in [1.165, 1.54) is 12.8 Å². The van der Waals surface area contributed by atoms with Crippen LogP contribution in [0.25, 0.3) is 0 Å². The molecule has 2 aromatic rings. The van der Waals surface area contributed by atoms with E-state index in [1.54, 1.807) is 19.5 Å². The molecular formula is C21H28N4O3. The number of rotatable bonds is 8. The summed E-state index contributed by atoms with van der Waals surface area (Å²) in [5.74, 6) is 2.02. The maximum Gasteiger partial charge on any atom is 0.254 e. The number of ether oxygens (including phenoxy) is 2. The summed E-state index contributed by atoms with van der Waals surface area (Å²) < 4.78 is 10.7. The minimum atomic E-state index is -0.199. The summed E-state index contributed by atoms with van der Waals surface area (Å²) in [7, 11) is 1.62. The lowest BCUT2D eigenvalue weighted by Crippen LogP contribution is -2.40. The zero-order valence-corrected chi connectivity index (χ0v) is 16.6. The molecule has 1 fully saturated rings. The van der Waals surface area contributed by atoms with Gasteiger partial charge in [-0.05, 0) is 49.9 Å². The molecule has 2 heterocycles. The van der Waals surface area contributed by atoms with Gasteiger partial charge in [-0.15, -0.1) is 0 Å². The first-order chi connectivity index (χ1) is 13.7. The highest BCUT2D eigenvalue weighted by Gasteiger charge is 2.23. The molecule has 3 rings (SSSR count). The summed E-state index contributed by atoms with van der Waals surface area (Å²) in [6, 6.07) is 7.81. The molecule has 28 heavy (non-hydrogen) atoms. The van der Waals surface area contributed by atoms with Gasteiger partial charge in [0.25, 0.3) is 5.91 Å². The Balaban J connectivity index is 1.46. The van der Waals surface area contributed by atoms with Crippen LogP contribution in [0, 0.1) is 0 Å². The monoisotopic (exact) mass is 384 g/mol. The van der Waals surface area contributed by atoms with Crippen molar-refractivity contribution < 1.29 is 14.3 Å². The quantitative estimate of drug-likeness (QED) is 0.705. The maximum absolute atomic E-state index is 12.3. The minimum absolute atomic E-state index is 0.199. The van der Waals surface area contributed by atoms with Gasteiger partial charge in [0.1, 0.15) is 18.1 Å². The second-order valence-corrected chi connectivity index (χ2v) is 6.80. The van der Waals surface area contributed by atoms with Crippen molar-refractivity contribution >= 4 is 11.9 Å². The predicted octanol–water partition coefficient (Wildman–Crippen LogP) is 3.06. The fraction of sp³-hybridized carbons (Fsp3) is 0.476. The zero-order chi connectivity index (χ0) is 19.8. The van der Waals surface area contributed by atoms with Crippen LogP contribution >= 0.6 is 0 Å². The average Bonchev–Trinajstić information content (AvgIpc) is 2.77. The SMILES string of the molecule is CCC1CCCCN1c1ncc(C(=O)NCCOc2ccc(OC)cc2)cn1. The van der Waals surface area contributed by atoms with E-state index in [-0.39, 0.29) is 5.91 Å². The summed E-state index contributed by atoms with van der Waals surface area (Å²) in [4.78, 5) is 23.4. The first-order valence-corrected chi connectivity index (χ1v) is 9.85. The highest BCUT2D eigenvalue weighted by Crippen LogP contribution is 2.23. The normalized spacial score (nSPS) is 16.5. The number of amides is 1. The summed E-state index contributed by atoms with van der Waals surface area (Å²) in [5, 5.41) is 2.83. The molecule has 1 saturated heterocycles. The van der Waals surface area contributed by atoms with E-state index in [2.05, 4.69) is 27.1 Å². The standard InChI is InChI=1S/C21H28N4O3/c1-3-17-6-4-5-12-25(17)21-23-14-16(15-24-21)20(26)22-11-13-28-19-9-7-18(27-2)8-10-19/h7-10,14-15,17H,3-6,11-13H2,1-2H3,(H,22,26). The second-order valence-electron chi connectivity index (χ2n) is 6.80. The Hall–Kier alpha value is -2.83. The molecule has 1 aliphatic rings. The molecule has 1 amide bonds. The molecule has 0 saturated carbocycles. The Bertz CT molecular complexity index is 749. The summed E-state index contributed by atoms with van der Waals surface area (Å²) in [6.07, 6.45) is 7.88. The molecule has 1 aliphatic heterocycles. The van der Waals surface area contributed by atoms with Crippen LogP contribution < -0.4 is 19.7 Å². The van der Waals surface area contributed by atoms with Crippen molar-refractivity contribution in [1.82, 2.24) is 15.3 Å². The van der Waals surface area contributed by atoms with Crippen LogP contribution in [0.2, 0.25) is 0 Å². The molecule has 1 atom stereocenters. The molecule has 0 spiro atoms. The van der Waals surface area contributed by atoms with Gasteiger partial charge in [0.2, 0.25) is 5.95 Å². The molecule has 150 valence electrons. The van der Waals surface area contributed by atoms with Crippen LogP contribution in [0.5, 0.6) is 11.5 Å². The Labute approximate surface area is 166 Å². The first kappa shape index (κ1) is 19.9. The van der Waals surface area contributed by atoms with E-state index in [0.717, 1.165) is 30.9 Å². The number of methoxy groups -OCH3 is 1. The largest absolute Gasteiger partial charge is 0.497 e. The van der Waals surface area contributed by atoms with Crippen molar-refractivity contribution in [1.29, 1.82) is 0 Å². The molecule has 1 unspecified atom stereocenters. The zero-order valence-electron chi connectivity index (χ0n) is 16.6. The summed E-state index contributed by atoms with van der Waals surface area (Å²) in [5.41, 5.74) is 0.457. The molecule has 0 radical (unpaired) electrons. The third kappa shape index (κ3) is 5.12. The molecule has 1 aromatic heterocycles. The van der Waals surface area contributed by atoms with E-state index in [4.69, 9.17) is 9.47 Å². The highest BCUT2D eigenvalue weighted by atomic mass is 16.5. The average molecular weight is 384 g/mol. The van der Waals surface area contributed by atoms with Crippen molar-refractivity contribution in [2.24, 2.45) is 0 Å². The van der Waals surface area contributed by atoms with E-state index >= 15 is 0 Å². The van der Waals surface area contributed by atoms with Crippen molar-refractivity contribution in [2.75, 3.05) is 31.7 Å². The Morgan fingerprint density at radius 1 is 1.18 bits per heavy atom. The van der Waals surface area contributed by atoms with Crippen LogP contribution in [0.15, 0.2) is 36.7 Å². The van der Waals surface area contributed by atoms with Crippen LogP contribution in [0.1, 0.15) is 43.0 Å². The molecule has 0 aliphatic carbocycles. The Morgan fingerprint density at radius 3 is 2.57 bits per heavy atom. The number of benzene rings is 1. The molecule has 1 aromatic carbocycles. The van der Waals surface area contributed by atoms with Gasteiger partial charge in [-0.25, -0.2) is 9.97 Å². The maximum atomic E-state index is 12.3. The number of hydrogen-bond donors (Lipinski definition) is 1. The third-order valence-electron chi connectivity index (χ3n) is 4.97. The van der Waals surface area contributed by atoms with Crippen LogP contribution in [0.3, 0.4) is 0 Å². The number of carbonyl (C=O) groups excluding carboxylic acids is 1. The van der Waals surface area contributed by atoms with Crippen molar-refractivity contribution in [3.63, 3.8) is 0 Å². The van der Waals surface area contributed by atoms with Gasteiger partial charge in [0.05, 0.1) is 19.2 Å². The van der Waals surface area contributed by atoms with Gasteiger partial charge in [-0.1, -0.05) is 6.92 Å². The fourth-order valence-corrected chi connectivity index (χ4v) is 3.38. The van der Waals surface area contributed by atoms with Gasteiger partial charge in [0, 0.05) is 25.0 Å². The molecular weight excluding hydrogens is 356 g/mol. The first-order valence-electron chi connectivity index (χ1n) is 9.85. The van der Waals surface area contributed by atoms with Crippen molar-refractivity contribution in [3.05, 3.63) is 42.2 Å². The molecule has 7 heteroatoms. The summed E-state index contributed by atoms with van der Waals surface area (Å²) >= 11 is 0. The van der Waals surface area contributed by atoms with E-state index in [0.29, 0.717) is 30.7 Å². The number of piperidine rings is 1. The van der Waals surface area contributed by atoms with E-state index in [9.17, 15) is 4.79 Å². The van der Waals surface area contributed by atoms with E-state index in [1.807, 2.05) is 24.3 Å². The molecule has 1 N–H and O–H groups in total. The lowest BCUT2D eigenvalue weighted by molar-refractivity contribution is 0.0946. The predicted molar refractivity (Wildman–Crippen MR) is 108 cm³/mol. The van der Waals surface area contributed by atoms with Gasteiger partial charge >= 0.3 is 0 Å². The van der Waals surface area contributed by atoms with Crippen LogP contribution in [-0.2, 0) is 0 Å². The number of hydrogen-bond acceptors (Lipinski definition) is 6. The molecule has 0 bridgehead atoms. The third-order valence-corrected chi connectivity index (χ3v) is 4.97. The van der Waals surface area contributed by atoms with E-state index < -0.39 is 0 Å². The van der Waals surface area contributed by atoms with Crippen molar-refractivity contribution in [2.45, 2.75) is 38.6 Å². The van der Waals surface area contributed by atoms with Gasteiger partial charge in [-0.2, -0.15) is 0 Å². The highest BCUT2D eigenvalue weighted by molar-refractivity contribution is 5.93. The number of anilines is 1. The van der Waals surface area contributed by atoms with Gasteiger partial charge in [0.15, 0.2) is 0 Å². The van der Waals surface area contributed by atoms with Crippen LogP contribution in [0.4, 0.5) is 5.95 Å². The minimum Gasteiger partial charge on any atom is -0.497 e. The number of aromatic nitrogens is 2. The Morgan fingerprint density at radius 2 is 1.89 bits per heavy atom. The second kappa shape index (κ2) is 9.92. The number of carbonyl (C=O) groups is 1. The lowest BCUT2D eigenvalue weighted by Gasteiger charge is -2.35. The lowest BCUT2D eigenvalue weighted by atomic mass is 10.0.